The lowest BCUT2D eigenvalue weighted by molar-refractivity contribution is 0.102. The lowest BCUT2D eigenvalue weighted by Gasteiger charge is -2.32. The molecule has 8 nitrogen and oxygen atoms in total. The molecule has 1 atom stereocenters. The van der Waals surface area contributed by atoms with Crippen molar-refractivity contribution < 1.29 is 13.6 Å². The second-order valence-corrected chi connectivity index (χ2v) is 9.39. The van der Waals surface area contributed by atoms with Crippen molar-refractivity contribution in [3.63, 3.8) is 0 Å². The van der Waals surface area contributed by atoms with E-state index in [-0.39, 0.29) is 5.56 Å². The first-order valence-electron chi connectivity index (χ1n) is 11.2. The molecular formula is C24H23F2N7OS. The Morgan fingerprint density at radius 1 is 1.14 bits per heavy atom. The molecule has 0 saturated carbocycles. The molecular weight excluding hydrogens is 472 g/mol. The summed E-state index contributed by atoms with van der Waals surface area (Å²) in [5.74, 6) is 0.0741. The number of amidine groups is 1. The van der Waals surface area contributed by atoms with E-state index in [9.17, 15) is 13.6 Å². The normalized spacial score (nSPS) is 18.3. The van der Waals surface area contributed by atoms with Crippen molar-refractivity contribution >= 4 is 40.8 Å². The van der Waals surface area contributed by atoms with Crippen LogP contribution in [0.15, 0.2) is 63.6 Å². The molecule has 0 radical (unpaired) electrons. The molecule has 2 aliphatic rings. The van der Waals surface area contributed by atoms with Crippen LogP contribution in [-0.2, 0) is 0 Å². The number of nitrogens with zero attached hydrogens (tertiary/aromatic N) is 4. The van der Waals surface area contributed by atoms with E-state index in [1.54, 1.807) is 24.3 Å². The third kappa shape index (κ3) is 5.57. The molecule has 11 heteroatoms. The third-order valence-corrected chi connectivity index (χ3v) is 6.44. The van der Waals surface area contributed by atoms with Crippen LogP contribution in [0, 0.1) is 11.6 Å². The zero-order valence-electron chi connectivity index (χ0n) is 18.9. The molecule has 1 unspecified atom stereocenters. The van der Waals surface area contributed by atoms with Crippen molar-refractivity contribution in [3.8, 4) is 0 Å². The number of aromatic nitrogens is 2. The molecule has 3 heterocycles. The summed E-state index contributed by atoms with van der Waals surface area (Å²) in [6.45, 7) is 3.98. The van der Waals surface area contributed by atoms with E-state index in [1.807, 2.05) is 6.07 Å². The number of carbonyl (C=O) groups is 1. The first-order valence-corrected chi connectivity index (χ1v) is 12.0. The van der Waals surface area contributed by atoms with Crippen LogP contribution in [0.4, 0.5) is 26.1 Å². The van der Waals surface area contributed by atoms with Crippen LogP contribution in [0.3, 0.4) is 0 Å². The van der Waals surface area contributed by atoms with Gasteiger partial charge in [0.05, 0.1) is 5.56 Å². The van der Waals surface area contributed by atoms with E-state index in [4.69, 9.17) is 4.98 Å². The summed E-state index contributed by atoms with van der Waals surface area (Å²) in [5, 5.41) is 3.15. The summed E-state index contributed by atoms with van der Waals surface area (Å²) >= 11 is 1.38. The molecule has 1 aromatic heterocycles. The fraction of sp³-hybridized carbons (Fsp3) is 0.250. The number of hydrazine groups is 1. The molecule has 180 valence electrons. The zero-order chi connectivity index (χ0) is 24.4. The van der Waals surface area contributed by atoms with Crippen molar-refractivity contribution in [1.82, 2.24) is 20.8 Å². The van der Waals surface area contributed by atoms with Gasteiger partial charge in [0, 0.05) is 42.2 Å². The average Bonchev–Trinajstić information content (AvgIpc) is 3.20. The van der Waals surface area contributed by atoms with Crippen LogP contribution in [0.5, 0.6) is 0 Å². The maximum absolute atomic E-state index is 13.9. The first-order chi connectivity index (χ1) is 16.9. The molecule has 3 N–H and O–H groups in total. The van der Waals surface area contributed by atoms with Gasteiger partial charge in [0.1, 0.15) is 23.3 Å². The highest BCUT2D eigenvalue weighted by atomic mass is 32.2. The Morgan fingerprint density at radius 3 is 2.63 bits per heavy atom. The number of hydrogen-bond acceptors (Lipinski definition) is 7. The number of nitrogens with one attached hydrogen (secondary N) is 3. The lowest BCUT2D eigenvalue weighted by atomic mass is 10.2. The summed E-state index contributed by atoms with van der Waals surface area (Å²) in [6, 6.07) is 11.9. The number of hydrogen-bond donors (Lipinski definition) is 3. The van der Waals surface area contributed by atoms with Gasteiger partial charge in [0.15, 0.2) is 11.0 Å². The van der Waals surface area contributed by atoms with Gasteiger partial charge in [-0.15, -0.1) is 0 Å². The maximum Gasteiger partial charge on any atom is 0.258 e. The average molecular weight is 496 g/mol. The zero-order valence-corrected chi connectivity index (χ0v) is 19.7. The highest BCUT2D eigenvalue weighted by Gasteiger charge is 2.20. The van der Waals surface area contributed by atoms with E-state index in [1.165, 1.54) is 11.8 Å². The summed E-state index contributed by atoms with van der Waals surface area (Å²) in [4.78, 5) is 29.3. The van der Waals surface area contributed by atoms with Gasteiger partial charge in [-0.25, -0.2) is 29.2 Å². The lowest BCUT2D eigenvalue weighted by Crippen LogP contribution is -2.37. The quantitative estimate of drug-likeness (QED) is 0.440. The van der Waals surface area contributed by atoms with E-state index in [2.05, 4.69) is 38.0 Å². The van der Waals surface area contributed by atoms with Gasteiger partial charge in [-0.1, -0.05) is 0 Å². The molecule has 0 bridgehead atoms. The molecule has 1 amide bonds. The Balaban J connectivity index is 1.31. The van der Waals surface area contributed by atoms with Crippen LogP contribution in [0.25, 0.3) is 0 Å². The second-order valence-electron chi connectivity index (χ2n) is 8.35. The standard InChI is InChI=1S/C24H23F2N7OS/c1-14-11-21(32-31-14)28-20-13-22(33-9-2-10-33)30-24(29-20)35-17-6-4-16(5-7-17)27-23(34)18-12-15(25)3-8-19(18)26/h3-8,12-14,31H,2,9-11H2,1H3,(H,27,34)(H,28,29,30,32). The highest BCUT2D eigenvalue weighted by Crippen LogP contribution is 2.31. The minimum absolute atomic E-state index is 0.302. The van der Waals surface area contributed by atoms with Gasteiger partial charge in [0.2, 0.25) is 0 Å². The molecule has 2 aliphatic heterocycles. The number of benzene rings is 2. The Kier molecular flexibility index (Phi) is 6.60. The SMILES string of the molecule is CC1CC(=Nc2cc(N3CCC3)nc(Sc3ccc(NC(=O)c4cc(F)ccc4F)cc3)n2)NN1. The number of amides is 1. The minimum atomic E-state index is -0.785. The van der Waals surface area contributed by atoms with Crippen LogP contribution < -0.4 is 21.1 Å². The minimum Gasteiger partial charge on any atom is -0.356 e. The fourth-order valence-electron chi connectivity index (χ4n) is 3.60. The van der Waals surface area contributed by atoms with E-state index < -0.39 is 17.5 Å². The Hall–Kier alpha value is -3.57. The largest absolute Gasteiger partial charge is 0.356 e. The molecule has 0 spiro atoms. The van der Waals surface area contributed by atoms with Gasteiger partial charge < -0.3 is 15.6 Å². The first kappa shape index (κ1) is 23.2. The molecule has 35 heavy (non-hydrogen) atoms. The van der Waals surface area contributed by atoms with Crippen molar-refractivity contribution in [2.75, 3.05) is 23.3 Å². The third-order valence-electron chi connectivity index (χ3n) is 5.56. The van der Waals surface area contributed by atoms with Crippen LogP contribution in [0.1, 0.15) is 30.1 Å². The van der Waals surface area contributed by atoms with Crippen LogP contribution in [0.2, 0.25) is 0 Å². The number of anilines is 2. The molecule has 5 rings (SSSR count). The van der Waals surface area contributed by atoms with Crippen LogP contribution in [-0.4, -0.2) is 40.8 Å². The second kappa shape index (κ2) is 9.96. The van der Waals surface area contributed by atoms with E-state index in [0.29, 0.717) is 22.7 Å². The fourth-order valence-corrected chi connectivity index (χ4v) is 4.36. The van der Waals surface area contributed by atoms with Gasteiger partial charge in [0.25, 0.3) is 5.91 Å². The molecule has 0 aliphatic carbocycles. The maximum atomic E-state index is 13.9. The van der Waals surface area contributed by atoms with Crippen molar-refractivity contribution in [3.05, 3.63) is 65.7 Å². The van der Waals surface area contributed by atoms with Crippen LogP contribution >= 0.6 is 11.8 Å². The van der Waals surface area contributed by atoms with Gasteiger partial charge in [-0.05, 0) is 67.6 Å². The summed E-state index contributed by atoms with van der Waals surface area (Å²) in [5.41, 5.74) is 6.32. The monoisotopic (exact) mass is 495 g/mol. The summed E-state index contributed by atoms with van der Waals surface area (Å²) in [6.07, 6.45) is 1.92. The summed E-state index contributed by atoms with van der Waals surface area (Å²) in [7, 11) is 0. The van der Waals surface area contributed by atoms with Gasteiger partial charge >= 0.3 is 0 Å². The number of rotatable bonds is 6. The van der Waals surface area contributed by atoms with E-state index >= 15 is 0 Å². The van der Waals surface area contributed by atoms with Gasteiger partial charge in [-0.3, -0.25) is 4.79 Å². The smallest absolute Gasteiger partial charge is 0.258 e. The predicted molar refractivity (Wildman–Crippen MR) is 131 cm³/mol. The van der Waals surface area contributed by atoms with E-state index in [0.717, 1.165) is 60.7 Å². The number of aliphatic imine (C=N–C) groups is 1. The summed E-state index contributed by atoms with van der Waals surface area (Å²) < 4.78 is 27.3. The highest BCUT2D eigenvalue weighted by molar-refractivity contribution is 7.99. The number of carbonyl (C=O) groups excluding carboxylic acids is 1. The molecule has 2 fully saturated rings. The topological polar surface area (TPSA) is 94.5 Å². The van der Waals surface area contributed by atoms with Crippen molar-refractivity contribution in [1.29, 1.82) is 0 Å². The molecule has 2 saturated heterocycles. The molecule has 3 aromatic rings. The van der Waals surface area contributed by atoms with Gasteiger partial charge in [-0.2, -0.15) is 0 Å². The Morgan fingerprint density at radius 2 is 1.94 bits per heavy atom. The molecule has 2 aromatic carbocycles. The van der Waals surface area contributed by atoms with Crippen molar-refractivity contribution in [2.45, 2.75) is 35.9 Å². The Bertz CT molecular complexity index is 1280. The van der Waals surface area contributed by atoms with Crippen molar-refractivity contribution in [2.24, 2.45) is 4.99 Å². The predicted octanol–water partition coefficient (Wildman–Crippen LogP) is 4.28. The number of halogens is 2. The Labute approximate surface area is 205 Å².